The molecule has 1 aromatic rings. The van der Waals surface area contributed by atoms with Crippen LogP contribution in [0.15, 0.2) is 29.2 Å². The molecule has 6 heteroatoms. The average Bonchev–Trinajstić information content (AvgIpc) is 1.99. The molecule has 0 heterocycles. The first-order valence-electron chi connectivity index (χ1n) is 4.22. The number of ether oxygens (including phenoxy) is 1. The summed E-state index contributed by atoms with van der Waals surface area (Å²) in [5.74, 6) is 0.354. The van der Waals surface area contributed by atoms with E-state index in [1.165, 1.54) is 18.2 Å². The fourth-order valence-electron chi connectivity index (χ4n) is 0.997. The molecule has 0 spiro atoms. The molecule has 0 bridgehead atoms. The summed E-state index contributed by atoms with van der Waals surface area (Å²) in [5.41, 5.74) is 0. The van der Waals surface area contributed by atoms with Crippen LogP contribution in [0.25, 0.3) is 0 Å². The summed E-state index contributed by atoms with van der Waals surface area (Å²) in [4.78, 5) is -0.283. The maximum Gasteiger partial charge on any atom is 0.124 e. The van der Waals surface area contributed by atoms with Crippen LogP contribution in [0.3, 0.4) is 0 Å². The predicted molar refractivity (Wildman–Crippen MR) is 58.8 cm³/mol. The third-order valence-electron chi connectivity index (χ3n) is 1.48. The van der Waals surface area contributed by atoms with Gasteiger partial charge in [0.15, 0.2) is 0 Å². The number of benzene rings is 1. The number of hydrogen-bond acceptors (Lipinski definition) is 4. The molecule has 0 aliphatic carbocycles. The van der Waals surface area contributed by atoms with E-state index in [0.717, 1.165) is 0 Å². The molecule has 0 saturated heterocycles. The zero-order chi connectivity index (χ0) is 11.7. The van der Waals surface area contributed by atoms with Gasteiger partial charge in [0.25, 0.3) is 0 Å². The van der Waals surface area contributed by atoms with E-state index in [2.05, 4.69) is 9.24 Å². The third-order valence-corrected chi connectivity index (χ3v) is 2.42. The van der Waals surface area contributed by atoms with E-state index in [9.17, 15) is 13.0 Å². The predicted octanol–water partition coefficient (Wildman–Crippen LogP) is 1.58. The molecule has 1 rings (SSSR count). The van der Waals surface area contributed by atoms with Crippen molar-refractivity contribution in [2.75, 3.05) is 0 Å². The van der Waals surface area contributed by atoms with Gasteiger partial charge in [-0.1, -0.05) is 15.3 Å². The Kier molecular flexibility index (Phi) is 3.38. The molecule has 0 amide bonds. The van der Waals surface area contributed by atoms with Crippen molar-refractivity contribution >= 4 is 19.4 Å². The standard InChI is InChI=1S/C9H13O4PS/c1-9(2,14)13-7-4-3-5-8(6-7)15(10,11)12/h3-6H,14H2,1-2H3,(H,10,11,12)/p-1. The Labute approximate surface area is 91.6 Å². The summed E-state index contributed by atoms with van der Waals surface area (Å²) >= 11 is 0. The maximum absolute atomic E-state index is 10.7. The van der Waals surface area contributed by atoms with Crippen molar-refractivity contribution in [2.45, 2.75) is 24.1 Å². The van der Waals surface area contributed by atoms with Crippen LogP contribution >= 0.6 is 9.24 Å². The van der Waals surface area contributed by atoms with E-state index < -0.39 is 15.5 Å². The number of rotatable bonds is 3. The molecule has 1 unspecified atom stereocenters. The second-order valence-electron chi connectivity index (χ2n) is 3.63. The SMILES string of the molecule is CC(C)(P)Oc1cccc(S(=O)(=O)[O-])c1. The van der Waals surface area contributed by atoms with Gasteiger partial charge < -0.3 is 9.29 Å². The van der Waals surface area contributed by atoms with Crippen LogP contribution in [0.4, 0.5) is 0 Å². The van der Waals surface area contributed by atoms with E-state index in [1.807, 2.05) is 0 Å². The molecule has 0 aliphatic heterocycles. The summed E-state index contributed by atoms with van der Waals surface area (Å²) in [6, 6.07) is 5.52. The quantitative estimate of drug-likeness (QED) is 0.600. The highest BCUT2D eigenvalue weighted by molar-refractivity contribution is 7.85. The molecule has 0 radical (unpaired) electrons. The Hall–Kier alpha value is -0.640. The van der Waals surface area contributed by atoms with Gasteiger partial charge in [-0.2, -0.15) is 0 Å². The van der Waals surface area contributed by atoms with Crippen molar-refractivity contribution in [3.05, 3.63) is 24.3 Å². The van der Waals surface area contributed by atoms with Crippen molar-refractivity contribution in [3.63, 3.8) is 0 Å². The van der Waals surface area contributed by atoms with Gasteiger partial charge in [-0.3, -0.25) is 0 Å². The van der Waals surface area contributed by atoms with Gasteiger partial charge in [0, 0.05) is 0 Å². The Balaban J connectivity index is 3.04. The lowest BCUT2D eigenvalue weighted by molar-refractivity contribution is 0.205. The van der Waals surface area contributed by atoms with Gasteiger partial charge in [-0.05, 0) is 32.0 Å². The molecule has 15 heavy (non-hydrogen) atoms. The Morgan fingerprint density at radius 3 is 2.47 bits per heavy atom. The largest absolute Gasteiger partial charge is 0.744 e. The fourth-order valence-corrected chi connectivity index (χ4v) is 1.64. The zero-order valence-electron chi connectivity index (χ0n) is 8.43. The van der Waals surface area contributed by atoms with Crippen molar-refractivity contribution in [1.82, 2.24) is 0 Å². The molecule has 4 nitrogen and oxygen atoms in total. The fraction of sp³-hybridized carbons (Fsp3) is 0.333. The van der Waals surface area contributed by atoms with Crippen LogP contribution < -0.4 is 4.74 Å². The van der Waals surface area contributed by atoms with Crippen LogP contribution in [-0.2, 0) is 10.1 Å². The van der Waals surface area contributed by atoms with Crippen molar-refractivity contribution < 1.29 is 17.7 Å². The molecule has 0 aromatic heterocycles. The lowest BCUT2D eigenvalue weighted by atomic mass is 10.3. The van der Waals surface area contributed by atoms with Crippen molar-refractivity contribution in [1.29, 1.82) is 0 Å². The molecular formula is C9H12O4PS-. The van der Waals surface area contributed by atoms with Gasteiger partial charge >= 0.3 is 0 Å². The van der Waals surface area contributed by atoms with Crippen LogP contribution in [0, 0.1) is 0 Å². The summed E-state index contributed by atoms with van der Waals surface area (Å²) in [6.45, 7) is 3.60. The molecule has 84 valence electrons. The summed E-state index contributed by atoms with van der Waals surface area (Å²) in [5, 5.41) is -0.509. The molecule has 0 saturated carbocycles. The topological polar surface area (TPSA) is 66.4 Å². The lowest BCUT2D eigenvalue weighted by Crippen LogP contribution is -2.18. The minimum Gasteiger partial charge on any atom is -0.744 e. The number of hydrogen-bond donors (Lipinski definition) is 0. The van der Waals surface area contributed by atoms with Gasteiger partial charge in [-0.25, -0.2) is 8.42 Å². The minimum absolute atomic E-state index is 0.283. The molecule has 0 aliphatic rings. The van der Waals surface area contributed by atoms with E-state index in [-0.39, 0.29) is 4.90 Å². The van der Waals surface area contributed by atoms with Gasteiger partial charge in [0.1, 0.15) is 21.2 Å². The summed E-state index contributed by atoms with van der Waals surface area (Å²) in [7, 11) is -1.96. The van der Waals surface area contributed by atoms with Gasteiger partial charge in [0.05, 0.1) is 4.90 Å². The highest BCUT2D eigenvalue weighted by Crippen LogP contribution is 2.25. The summed E-state index contributed by atoms with van der Waals surface area (Å²) in [6.07, 6.45) is 0. The van der Waals surface area contributed by atoms with Crippen LogP contribution in [0.5, 0.6) is 5.75 Å². The minimum atomic E-state index is -4.42. The van der Waals surface area contributed by atoms with E-state index in [4.69, 9.17) is 4.74 Å². The zero-order valence-corrected chi connectivity index (χ0v) is 10.4. The van der Waals surface area contributed by atoms with Gasteiger partial charge in [-0.15, -0.1) is 0 Å². The second-order valence-corrected chi connectivity index (χ2v) is 6.40. The van der Waals surface area contributed by atoms with Crippen LogP contribution in [-0.4, -0.2) is 18.3 Å². The Morgan fingerprint density at radius 2 is 2.00 bits per heavy atom. The molecule has 1 aromatic carbocycles. The van der Waals surface area contributed by atoms with E-state index in [1.54, 1.807) is 19.9 Å². The lowest BCUT2D eigenvalue weighted by Gasteiger charge is -2.21. The highest BCUT2D eigenvalue weighted by Gasteiger charge is 2.12. The summed E-state index contributed by atoms with van der Waals surface area (Å²) < 4.78 is 37.6. The van der Waals surface area contributed by atoms with E-state index >= 15 is 0 Å². The third kappa shape index (κ3) is 4.16. The molecular weight excluding hydrogens is 235 g/mol. The monoisotopic (exact) mass is 247 g/mol. The highest BCUT2D eigenvalue weighted by atomic mass is 32.2. The van der Waals surface area contributed by atoms with Crippen LogP contribution in [0.2, 0.25) is 0 Å². The first kappa shape index (κ1) is 12.4. The first-order chi connectivity index (χ1) is 6.68. The molecule has 1 atom stereocenters. The Bertz CT molecular complexity index is 447. The molecule has 0 N–H and O–H groups in total. The van der Waals surface area contributed by atoms with Crippen LogP contribution in [0.1, 0.15) is 13.8 Å². The van der Waals surface area contributed by atoms with E-state index in [0.29, 0.717) is 5.75 Å². The normalized spacial score (nSPS) is 12.5. The smallest absolute Gasteiger partial charge is 0.124 e. The average molecular weight is 247 g/mol. The van der Waals surface area contributed by atoms with Crippen molar-refractivity contribution in [3.8, 4) is 5.75 Å². The first-order valence-corrected chi connectivity index (χ1v) is 6.21. The van der Waals surface area contributed by atoms with Crippen molar-refractivity contribution in [2.24, 2.45) is 0 Å². The maximum atomic E-state index is 10.7. The Morgan fingerprint density at radius 1 is 1.40 bits per heavy atom. The van der Waals surface area contributed by atoms with Gasteiger partial charge in [0.2, 0.25) is 0 Å². The molecule has 0 fully saturated rings. The second kappa shape index (κ2) is 4.08.